The first-order chi connectivity index (χ1) is 9.90. The van der Waals surface area contributed by atoms with E-state index >= 15 is 0 Å². The van der Waals surface area contributed by atoms with Crippen molar-refractivity contribution < 1.29 is 10.0 Å². The lowest BCUT2D eigenvalue weighted by Crippen LogP contribution is -2.02. The SMILES string of the molecule is Cc1ccc(NCc2ccc(Br)c([N+](=O)[O-])c2)c(C)c1O. The van der Waals surface area contributed by atoms with E-state index in [1.54, 1.807) is 6.07 Å². The first-order valence-corrected chi connectivity index (χ1v) is 7.15. The van der Waals surface area contributed by atoms with Crippen molar-refractivity contribution in [1.29, 1.82) is 0 Å². The van der Waals surface area contributed by atoms with E-state index in [1.807, 2.05) is 32.0 Å². The molecule has 0 radical (unpaired) electrons. The van der Waals surface area contributed by atoms with Crippen molar-refractivity contribution in [3.63, 3.8) is 0 Å². The largest absolute Gasteiger partial charge is 0.507 e. The van der Waals surface area contributed by atoms with Crippen LogP contribution >= 0.6 is 15.9 Å². The highest BCUT2D eigenvalue weighted by Gasteiger charge is 2.12. The lowest BCUT2D eigenvalue weighted by molar-refractivity contribution is -0.385. The van der Waals surface area contributed by atoms with Crippen LogP contribution in [0.25, 0.3) is 0 Å². The fourth-order valence-corrected chi connectivity index (χ4v) is 2.42. The summed E-state index contributed by atoms with van der Waals surface area (Å²) in [7, 11) is 0. The summed E-state index contributed by atoms with van der Waals surface area (Å²) in [5.74, 6) is 0.266. The number of rotatable bonds is 4. The summed E-state index contributed by atoms with van der Waals surface area (Å²) in [6.45, 7) is 4.11. The van der Waals surface area contributed by atoms with E-state index in [2.05, 4.69) is 21.2 Å². The van der Waals surface area contributed by atoms with Gasteiger partial charge in [-0.3, -0.25) is 10.1 Å². The molecule has 0 atom stereocenters. The van der Waals surface area contributed by atoms with Crippen LogP contribution in [0.3, 0.4) is 0 Å². The van der Waals surface area contributed by atoms with Crippen molar-refractivity contribution >= 4 is 27.3 Å². The van der Waals surface area contributed by atoms with Gasteiger partial charge in [0.1, 0.15) is 5.75 Å². The third-order valence-corrected chi connectivity index (χ3v) is 3.99. The fourth-order valence-electron chi connectivity index (χ4n) is 2.03. The summed E-state index contributed by atoms with van der Waals surface area (Å²) in [6.07, 6.45) is 0. The molecule has 2 aromatic rings. The second-order valence-corrected chi connectivity index (χ2v) is 5.65. The van der Waals surface area contributed by atoms with Gasteiger partial charge >= 0.3 is 0 Å². The average molecular weight is 351 g/mol. The van der Waals surface area contributed by atoms with E-state index in [4.69, 9.17) is 0 Å². The Morgan fingerprint density at radius 1 is 1.29 bits per heavy atom. The second kappa shape index (κ2) is 6.13. The molecule has 0 unspecified atom stereocenters. The van der Waals surface area contributed by atoms with Gasteiger partial charge < -0.3 is 10.4 Å². The average Bonchev–Trinajstić information content (AvgIpc) is 2.45. The standard InChI is InChI=1S/C15H15BrN2O3/c1-9-3-6-13(10(2)15(9)19)17-8-11-4-5-12(16)14(7-11)18(20)21/h3-7,17,19H,8H2,1-2H3. The smallest absolute Gasteiger partial charge is 0.283 e. The molecule has 0 saturated carbocycles. The Bertz CT molecular complexity index is 702. The summed E-state index contributed by atoms with van der Waals surface area (Å²) in [5.41, 5.74) is 3.23. The second-order valence-electron chi connectivity index (χ2n) is 4.80. The summed E-state index contributed by atoms with van der Waals surface area (Å²) in [6, 6.07) is 8.72. The highest BCUT2D eigenvalue weighted by Crippen LogP contribution is 2.29. The van der Waals surface area contributed by atoms with Crippen LogP contribution in [0.1, 0.15) is 16.7 Å². The number of phenolic OH excluding ortho intramolecular Hbond substituents is 1. The molecule has 0 aromatic heterocycles. The maximum absolute atomic E-state index is 10.9. The molecule has 0 aliphatic carbocycles. The number of aromatic hydroxyl groups is 1. The van der Waals surface area contributed by atoms with Gasteiger partial charge in [0.2, 0.25) is 0 Å². The number of benzene rings is 2. The molecule has 0 aliphatic heterocycles. The van der Waals surface area contributed by atoms with Crippen LogP contribution in [-0.2, 0) is 6.54 Å². The van der Waals surface area contributed by atoms with Crippen LogP contribution in [0, 0.1) is 24.0 Å². The highest BCUT2D eigenvalue weighted by molar-refractivity contribution is 9.10. The van der Waals surface area contributed by atoms with Crippen molar-refractivity contribution in [2.24, 2.45) is 0 Å². The molecule has 110 valence electrons. The number of nitro groups is 1. The molecular formula is C15H15BrN2O3. The van der Waals surface area contributed by atoms with E-state index in [-0.39, 0.29) is 11.4 Å². The Labute approximate surface area is 130 Å². The van der Waals surface area contributed by atoms with Gasteiger partial charge in [-0.1, -0.05) is 12.1 Å². The number of halogens is 1. The fraction of sp³-hybridized carbons (Fsp3) is 0.200. The van der Waals surface area contributed by atoms with Crippen LogP contribution in [-0.4, -0.2) is 10.0 Å². The Morgan fingerprint density at radius 3 is 2.67 bits per heavy atom. The van der Waals surface area contributed by atoms with Gasteiger partial charge in [-0.2, -0.15) is 0 Å². The number of aryl methyl sites for hydroxylation is 1. The number of phenols is 1. The molecule has 2 N–H and O–H groups in total. The van der Waals surface area contributed by atoms with Gasteiger partial charge in [0.25, 0.3) is 5.69 Å². The zero-order chi connectivity index (χ0) is 15.6. The summed E-state index contributed by atoms with van der Waals surface area (Å²) < 4.78 is 0.459. The Balaban J connectivity index is 2.19. The normalized spacial score (nSPS) is 10.4. The van der Waals surface area contributed by atoms with Crippen molar-refractivity contribution in [1.82, 2.24) is 0 Å². The molecule has 0 amide bonds. The molecule has 0 fully saturated rings. The van der Waals surface area contributed by atoms with Gasteiger partial charge in [0.05, 0.1) is 9.40 Å². The van der Waals surface area contributed by atoms with E-state index in [0.29, 0.717) is 11.0 Å². The topological polar surface area (TPSA) is 75.4 Å². The lowest BCUT2D eigenvalue weighted by atomic mass is 10.1. The number of hydrogen-bond acceptors (Lipinski definition) is 4. The van der Waals surface area contributed by atoms with Crippen LogP contribution in [0.15, 0.2) is 34.8 Å². The van der Waals surface area contributed by atoms with Crippen LogP contribution in [0.4, 0.5) is 11.4 Å². The predicted octanol–water partition coefficient (Wildman–Crippen LogP) is 4.29. The highest BCUT2D eigenvalue weighted by atomic mass is 79.9. The Hall–Kier alpha value is -2.08. The Morgan fingerprint density at radius 2 is 2.00 bits per heavy atom. The minimum Gasteiger partial charge on any atom is -0.507 e. The summed E-state index contributed by atoms with van der Waals surface area (Å²) in [4.78, 5) is 10.5. The summed E-state index contributed by atoms with van der Waals surface area (Å²) in [5, 5.41) is 24.0. The van der Waals surface area contributed by atoms with Crippen LogP contribution in [0.2, 0.25) is 0 Å². The van der Waals surface area contributed by atoms with Crippen molar-refractivity contribution in [2.75, 3.05) is 5.32 Å². The van der Waals surface area contributed by atoms with Crippen LogP contribution < -0.4 is 5.32 Å². The predicted molar refractivity (Wildman–Crippen MR) is 85.7 cm³/mol. The maximum Gasteiger partial charge on any atom is 0.283 e. The molecule has 2 rings (SSSR count). The molecule has 0 spiro atoms. The Kier molecular flexibility index (Phi) is 4.47. The van der Waals surface area contributed by atoms with E-state index in [0.717, 1.165) is 22.4 Å². The molecular weight excluding hydrogens is 336 g/mol. The number of nitrogens with zero attached hydrogens (tertiary/aromatic N) is 1. The van der Waals surface area contributed by atoms with Gasteiger partial charge in [0, 0.05) is 23.9 Å². The van der Waals surface area contributed by atoms with Crippen molar-refractivity contribution in [3.8, 4) is 5.75 Å². The third kappa shape index (κ3) is 3.33. The van der Waals surface area contributed by atoms with Crippen molar-refractivity contribution in [2.45, 2.75) is 20.4 Å². The molecule has 6 heteroatoms. The minimum atomic E-state index is -0.420. The van der Waals surface area contributed by atoms with E-state index < -0.39 is 4.92 Å². The maximum atomic E-state index is 10.9. The van der Waals surface area contributed by atoms with Gasteiger partial charge in [-0.15, -0.1) is 0 Å². The molecule has 0 bridgehead atoms. The minimum absolute atomic E-state index is 0.0396. The summed E-state index contributed by atoms with van der Waals surface area (Å²) >= 11 is 3.16. The van der Waals surface area contributed by atoms with Gasteiger partial charge in [-0.05, 0) is 53.0 Å². The van der Waals surface area contributed by atoms with Gasteiger partial charge in [-0.25, -0.2) is 0 Å². The zero-order valence-corrected chi connectivity index (χ0v) is 13.3. The van der Waals surface area contributed by atoms with Crippen LogP contribution in [0.5, 0.6) is 5.75 Å². The van der Waals surface area contributed by atoms with Gasteiger partial charge in [0.15, 0.2) is 0 Å². The zero-order valence-electron chi connectivity index (χ0n) is 11.7. The molecule has 0 aliphatic rings. The molecule has 21 heavy (non-hydrogen) atoms. The molecule has 2 aromatic carbocycles. The first kappa shape index (κ1) is 15.3. The molecule has 5 nitrogen and oxygen atoms in total. The number of anilines is 1. The lowest BCUT2D eigenvalue weighted by Gasteiger charge is -2.12. The monoisotopic (exact) mass is 350 g/mol. The quantitative estimate of drug-likeness (QED) is 0.636. The number of nitro benzene ring substituents is 1. The number of hydrogen-bond donors (Lipinski definition) is 2. The first-order valence-electron chi connectivity index (χ1n) is 6.36. The third-order valence-electron chi connectivity index (χ3n) is 3.32. The molecule has 0 saturated heterocycles. The van der Waals surface area contributed by atoms with E-state index in [1.165, 1.54) is 6.07 Å². The number of nitrogens with one attached hydrogen (secondary N) is 1. The van der Waals surface area contributed by atoms with Crippen molar-refractivity contribution in [3.05, 3.63) is 61.6 Å². The molecule has 0 heterocycles. The van der Waals surface area contributed by atoms with E-state index in [9.17, 15) is 15.2 Å².